The molecule has 3 rings (SSSR count). The molecule has 5 heteroatoms. The Morgan fingerprint density at radius 3 is 2.68 bits per heavy atom. The maximum absolute atomic E-state index is 12.6. The molecule has 0 fully saturated rings. The normalized spacial score (nSPS) is 9.92. The monoisotopic (exact) mass is 366 g/mol. The van der Waals surface area contributed by atoms with Gasteiger partial charge >= 0.3 is 0 Å². The van der Waals surface area contributed by atoms with Crippen LogP contribution in [0.1, 0.15) is 27.0 Å². The minimum absolute atomic E-state index is 0. The minimum Gasteiger partial charge on any atom is -0.508 e. The molecule has 2 N–H and O–H groups in total. The first kappa shape index (κ1) is 18.5. The van der Waals surface area contributed by atoms with Crippen molar-refractivity contribution in [3.8, 4) is 11.8 Å². The van der Waals surface area contributed by atoms with Gasteiger partial charge in [0.05, 0.1) is 11.6 Å². The zero-order valence-electron chi connectivity index (χ0n) is 13.6. The van der Waals surface area contributed by atoms with Gasteiger partial charge in [0.2, 0.25) is 0 Å². The van der Waals surface area contributed by atoms with Crippen LogP contribution in [0, 0.1) is 25.2 Å². The van der Waals surface area contributed by atoms with Gasteiger partial charge in [0, 0.05) is 29.7 Å². The Kier molecular flexibility index (Phi) is 5.43. The zero-order chi connectivity index (χ0) is 17.3. The number of nitrogens with one attached hydrogen (secondary N) is 1. The van der Waals surface area contributed by atoms with Crippen LogP contribution in [0.3, 0.4) is 0 Å². The van der Waals surface area contributed by atoms with Crippen molar-refractivity contribution >= 4 is 22.4 Å². The molecular formula is C20H15N2O2V-. The average molecular weight is 366 g/mol. The van der Waals surface area contributed by atoms with Crippen molar-refractivity contribution in [3.05, 3.63) is 77.7 Å². The molecule has 0 bridgehead atoms. The zero-order valence-corrected chi connectivity index (χ0v) is 15.0. The number of carbonyl (C=O) groups excluding carboxylic acids is 1. The number of phenols is 1. The standard InChI is InChI=1S/C20H15N2O2.V/c1-12-8-15-7-6-14(11-21)10-17(15)18(9-12)22-20(24)16-4-3-5-19(23)13(16)2;/h3-10,23H,1H2,2H3,(H,22,24);/q-1;. The Labute approximate surface area is 158 Å². The van der Waals surface area contributed by atoms with E-state index in [4.69, 9.17) is 5.26 Å². The smallest absolute Gasteiger partial charge is 0.255 e. The topological polar surface area (TPSA) is 73.1 Å². The van der Waals surface area contributed by atoms with Gasteiger partial charge in [-0.3, -0.25) is 4.79 Å². The van der Waals surface area contributed by atoms with Crippen LogP contribution in [0.4, 0.5) is 5.69 Å². The second-order valence-corrected chi connectivity index (χ2v) is 5.59. The Morgan fingerprint density at radius 1 is 1.20 bits per heavy atom. The van der Waals surface area contributed by atoms with Crippen molar-refractivity contribution in [2.75, 3.05) is 5.32 Å². The van der Waals surface area contributed by atoms with Gasteiger partial charge in [0.1, 0.15) is 5.75 Å². The first-order valence-electron chi connectivity index (χ1n) is 7.39. The number of carbonyl (C=O) groups is 1. The van der Waals surface area contributed by atoms with Gasteiger partial charge in [-0.2, -0.15) is 23.8 Å². The Balaban J connectivity index is 0.00000225. The summed E-state index contributed by atoms with van der Waals surface area (Å²) in [6.07, 6.45) is 0. The van der Waals surface area contributed by atoms with Crippen molar-refractivity contribution in [3.63, 3.8) is 0 Å². The summed E-state index contributed by atoms with van der Waals surface area (Å²) in [7, 11) is 0. The predicted molar refractivity (Wildman–Crippen MR) is 93.9 cm³/mol. The van der Waals surface area contributed by atoms with E-state index in [1.807, 2.05) is 12.1 Å². The molecule has 0 heterocycles. The molecule has 25 heavy (non-hydrogen) atoms. The third kappa shape index (κ3) is 3.64. The maximum atomic E-state index is 12.6. The largest absolute Gasteiger partial charge is 0.508 e. The number of nitriles is 1. The van der Waals surface area contributed by atoms with Crippen molar-refractivity contribution in [2.24, 2.45) is 0 Å². The summed E-state index contributed by atoms with van der Waals surface area (Å²) in [5, 5.41) is 23.4. The van der Waals surface area contributed by atoms with Crippen LogP contribution >= 0.6 is 0 Å². The average Bonchev–Trinajstić information content (AvgIpc) is 2.56. The summed E-state index contributed by atoms with van der Waals surface area (Å²) in [6, 6.07) is 15.9. The molecule has 0 aliphatic carbocycles. The molecule has 0 aliphatic heterocycles. The Morgan fingerprint density at radius 2 is 1.96 bits per heavy atom. The van der Waals surface area contributed by atoms with Crippen LogP contribution < -0.4 is 5.32 Å². The molecule has 4 nitrogen and oxygen atoms in total. The molecule has 0 spiro atoms. The van der Waals surface area contributed by atoms with Gasteiger partial charge in [-0.1, -0.05) is 17.5 Å². The van der Waals surface area contributed by atoms with Crippen LogP contribution in [-0.4, -0.2) is 11.0 Å². The third-order valence-corrected chi connectivity index (χ3v) is 3.94. The molecule has 3 aromatic carbocycles. The van der Waals surface area contributed by atoms with Gasteiger partial charge in [0.25, 0.3) is 5.91 Å². The van der Waals surface area contributed by atoms with E-state index >= 15 is 0 Å². The first-order valence-corrected chi connectivity index (χ1v) is 7.39. The summed E-state index contributed by atoms with van der Waals surface area (Å²) in [5.74, 6) is -0.247. The van der Waals surface area contributed by atoms with E-state index in [2.05, 4.69) is 18.3 Å². The Hall–Kier alpha value is -2.87. The van der Waals surface area contributed by atoms with Crippen molar-refractivity contribution in [1.29, 1.82) is 5.26 Å². The van der Waals surface area contributed by atoms with E-state index in [1.165, 1.54) is 6.07 Å². The number of phenolic OH excluding ortho intramolecular Hbond substituents is 1. The fourth-order valence-corrected chi connectivity index (χ4v) is 2.65. The second kappa shape index (κ2) is 7.35. The van der Waals surface area contributed by atoms with E-state index < -0.39 is 0 Å². The van der Waals surface area contributed by atoms with E-state index in [9.17, 15) is 9.90 Å². The molecular weight excluding hydrogens is 351 g/mol. The first-order chi connectivity index (χ1) is 11.5. The number of benzene rings is 3. The number of hydrogen-bond acceptors (Lipinski definition) is 3. The molecule has 3 aromatic rings. The second-order valence-electron chi connectivity index (χ2n) is 5.59. The van der Waals surface area contributed by atoms with E-state index in [0.717, 1.165) is 16.3 Å². The molecule has 0 atom stereocenters. The number of amides is 1. The van der Waals surface area contributed by atoms with Crippen molar-refractivity contribution in [1.82, 2.24) is 0 Å². The minimum atomic E-state index is -0.322. The fourth-order valence-electron chi connectivity index (χ4n) is 2.65. The van der Waals surface area contributed by atoms with Gasteiger partial charge in [-0.15, -0.1) is 6.07 Å². The molecule has 0 unspecified atom stereocenters. The van der Waals surface area contributed by atoms with Crippen LogP contribution in [0.25, 0.3) is 10.8 Å². The number of anilines is 1. The Bertz CT molecular complexity index is 1010. The van der Waals surface area contributed by atoms with Gasteiger partial charge in [0.15, 0.2) is 0 Å². The molecule has 0 aromatic heterocycles. The van der Waals surface area contributed by atoms with Crippen LogP contribution in [0.15, 0.2) is 48.5 Å². The summed E-state index contributed by atoms with van der Waals surface area (Å²) < 4.78 is 0. The summed E-state index contributed by atoms with van der Waals surface area (Å²) in [4.78, 5) is 12.6. The molecule has 1 amide bonds. The fraction of sp³-hybridized carbons (Fsp3) is 0.0500. The van der Waals surface area contributed by atoms with E-state index in [-0.39, 0.29) is 30.2 Å². The third-order valence-electron chi connectivity index (χ3n) is 3.94. The molecule has 0 saturated carbocycles. The SMILES string of the molecule is [CH2-]c1cc(NC(=O)c2cccc(O)c2C)c2cc(C#N)ccc2c1.[V]. The summed E-state index contributed by atoms with van der Waals surface area (Å²) in [5.41, 5.74) is 2.78. The van der Waals surface area contributed by atoms with Gasteiger partial charge in [-0.05, 0) is 42.3 Å². The number of nitrogens with zero attached hydrogens (tertiary/aromatic N) is 1. The number of fused-ring (bicyclic) bond motifs is 1. The number of aromatic hydroxyl groups is 1. The predicted octanol–water partition coefficient (Wildman–Crippen LogP) is 4.16. The maximum Gasteiger partial charge on any atom is 0.255 e. The van der Waals surface area contributed by atoms with Crippen molar-refractivity contribution < 1.29 is 28.5 Å². The van der Waals surface area contributed by atoms with Crippen LogP contribution in [-0.2, 0) is 18.6 Å². The summed E-state index contributed by atoms with van der Waals surface area (Å²) >= 11 is 0. The van der Waals surface area contributed by atoms with Crippen LogP contribution in [0.5, 0.6) is 5.75 Å². The number of hydrogen-bond donors (Lipinski definition) is 2. The van der Waals surface area contributed by atoms with E-state index in [0.29, 0.717) is 22.4 Å². The molecule has 0 aliphatic rings. The van der Waals surface area contributed by atoms with Crippen LogP contribution in [0.2, 0.25) is 0 Å². The molecule has 123 valence electrons. The van der Waals surface area contributed by atoms with Crippen molar-refractivity contribution in [2.45, 2.75) is 6.92 Å². The summed E-state index contributed by atoms with van der Waals surface area (Å²) in [6.45, 7) is 5.62. The van der Waals surface area contributed by atoms with Gasteiger partial charge < -0.3 is 10.4 Å². The number of rotatable bonds is 2. The van der Waals surface area contributed by atoms with E-state index in [1.54, 1.807) is 37.3 Å². The van der Waals surface area contributed by atoms with Gasteiger partial charge in [-0.25, -0.2) is 0 Å². The molecule has 1 radical (unpaired) electrons. The quantitative estimate of drug-likeness (QED) is 0.669. The molecule has 0 saturated heterocycles.